The van der Waals surface area contributed by atoms with E-state index in [2.05, 4.69) is 26.5 Å². The van der Waals surface area contributed by atoms with Crippen molar-refractivity contribution in [2.24, 2.45) is 0 Å². The zero-order valence-corrected chi connectivity index (χ0v) is 11.3. The molecule has 0 amide bonds. The Hall–Kier alpha value is -0.750. The van der Waals surface area contributed by atoms with Crippen LogP contribution in [0.4, 0.5) is 11.9 Å². The van der Waals surface area contributed by atoms with Crippen molar-refractivity contribution >= 4 is 35.3 Å². The van der Waals surface area contributed by atoms with Crippen molar-refractivity contribution in [2.45, 2.75) is 6.42 Å². The monoisotopic (exact) mass is 261 g/mol. The van der Waals surface area contributed by atoms with Crippen LogP contribution in [0.5, 0.6) is 0 Å². The average Bonchev–Trinajstić information content (AvgIpc) is 2.23. The molecule has 0 atom stereocenters. The van der Waals surface area contributed by atoms with Crippen molar-refractivity contribution in [1.29, 1.82) is 0 Å². The highest BCUT2D eigenvalue weighted by atomic mass is 35.5. The maximum absolute atomic E-state index is 5.80. The van der Waals surface area contributed by atoms with Crippen LogP contribution in [-0.2, 0) is 0 Å². The SMILES string of the molecule is CSCCCNc1nc(Cl)nc(N(C)C)n1. The third-order valence-electron chi connectivity index (χ3n) is 1.80. The molecule has 5 nitrogen and oxygen atoms in total. The van der Waals surface area contributed by atoms with E-state index in [1.807, 2.05) is 25.9 Å². The number of nitrogens with zero attached hydrogens (tertiary/aromatic N) is 4. The summed E-state index contributed by atoms with van der Waals surface area (Å²) in [5.41, 5.74) is 0. The average molecular weight is 262 g/mol. The summed E-state index contributed by atoms with van der Waals surface area (Å²) in [7, 11) is 3.73. The van der Waals surface area contributed by atoms with Crippen molar-refractivity contribution in [3.05, 3.63) is 5.28 Å². The predicted octanol–water partition coefficient (Wildman–Crippen LogP) is 1.76. The van der Waals surface area contributed by atoms with Crippen LogP contribution in [0.25, 0.3) is 0 Å². The van der Waals surface area contributed by atoms with Gasteiger partial charge < -0.3 is 10.2 Å². The van der Waals surface area contributed by atoms with Crippen molar-refractivity contribution in [2.75, 3.05) is 42.9 Å². The molecule has 0 saturated carbocycles. The topological polar surface area (TPSA) is 53.9 Å². The van der Waals surface area contributed by atoms with Gasteiger partial charge in [0.2, 0.25) is 17.2 Å². The number of hydrogen-bond donors (Lipinski definition) is 1. The van der Waals surface area contributed by atoms with Crippen LogP contribution in [0.3, 0.4) is 0 Å². The number of halogens is 1. The van der Waals surface area contributed by atoms with Crippen LogP contribution < -0.4 is 10.2 Å². The van der Waals surface area contributed by atoms with Crippen molar-refractivity contribution in [3.8, 4) is 0 Å². The molecule has 1 heterocycles. The molecule has 0 aromatic carbocycles. The van der Waals surface area contributed by atoms with E-state index in [1.54, 1.807) is 4.90 Å². The van der Waals surface area contributed by atoms with Gasteiger partial charge in [-0.3, -0.25) is 0 Å². The third kappa shape index (κ3) is 4.40. The first-order valence-electron chi connectivity index (χ1n) is 4.95. The van der Waals surface area contributed by atoms with E-state index in [1.165, 1.54) is 0 Å². The zero-order chi connectivity index (χ0) is 12.0. The number of rotatable bonds is 6. The van der Waals surface area contributed by atoms with Crippen LogP contribution in [0.2, 0.25) is 5.28 Å². The molecule has 1 N–H and O–H groups in total. The lowest BCUT2D eigenvalue weighted by molar-refractivity contribution is 0.921. The number of hydrogen-bond acceptors (Lipinski definition) is 6. The van der Waals surface area contributed by atoms with Gasteiger partial charge in [0.15, 0.2) is 0 Å². The quantitative estimate of drug-likeness (QED) is 0.788. The van der Waals surface area contributed by atoms with Crippen molar-refractivity contribution in [1.82, 2.24) is 15.0 Å². The second kappa shape index (κ2) is 6.75. The molecule has 90 valence electrons. The Bertz CT molecular complexity index is 334. The van der Waals surface area contributed by atoms with Crippen LogP contribution >= 0.6 is 23.4 Å². The first kappa shape index (κ1) is 13.3. The molecule has 0 radical (unpaired) electrons. The van der Waals surface area contributed by atoms with E-state index in [-0.39, 0.29) is 5.28 Å². The summed E-state index contributed by atoms with van der Waals surface area (Å²) in [5, 5.41) is 3.34. The summed E-state index contributed by atoms with van der Waals surface area (Å²) in [4.78, 5) is 14.0. The van der Waals surface area contributed by atoms with E-state index < -0.39 is 0 Å². The number of anilines is 2. The normalized spacial score (nSPS) is 10.2. The van der Waals surface area contributed by atoms with Crippen LogP contribution in [0, 0.1) is 0 Å². The van der Waals surface area contributed by atoms with E-state index in [0.717, 1.165) is 18.7 Å². The third-order valence-corrected chi connectivity index (χ3v) is 2.67. The first-order chi connectivity index (χ1) is 7.63. The summed E-state index contributed by atoms with van der Waals surface area (Å²) >= 11 is 7.62. The Balaban J connectivity index is 2.58. The predicted molar refractivity (Wildman–Crippen MR) is 70.7 cm³/mol. The van der Waals surface area contributed by atoms with Crippen LogP contribution in [0.1, 0.15) is 6.42 Å². The summed E-state index contributed by atoms with van der Waals surface area (Å²) < 4.78 is 0. The Morgan fingerprint density at radius 1 is 1.31 bits per heavy atom. The molecule has 1 aromatic rings. The Kier molecular flexibility index (Phi) is 5.62. The fourth-order valence-electron chi connectivity index (χ4n) is 1.04. The minimum Gasteiger partial charge on any atom is -0.354 e. The summed E-state index contributed by atoms with van der Waals surface area (Å²) in [5.74, 6) is 2.21. The van der Waals surface area contributed by atoms with Crippen molar-refractivity contribution < 1.29 is 0 Å². The molecular formula is C9H16ClN5S. The molecule has 1 aromatic heterocycles. The minimum absolute atomic E-state index is 0.214. The van der Waals surface area contributed by atoms with Gasteiger partial charge in [-0.2, -0.15) is 26.7 Å². The maximum Gasteiger partial charge on any atom is 0.230 e. The highest BCUT2D eigenvalue weighted by Crippen LogP contribution is 2.11. The second-order valence-corrected chi connectivity index (χ2v) is 4.72. The van der Waals surface area contributed by atoms with E-state index in [4.69, 9.17) is 11.6 Å². The van der Waals surface area contributed by atoms with Gasteiger partial charge in [0, 0.05) is 20.6 Å². The lowest BCUT2D eigenvalue weighted by Crippen LogP contribution is -2.15. The number of aromatic nitrogens is 3. The molecule has 0 saturated heterocycles. The van der Waals surface area contributed by atoms with Gasteiger partial charge in [0.25, 0.3) is 0 Å². The van der Waals surface area contributed by atoms with Crippen LogP contribution in [-0.4, -0.2) is 47.6 Å². The smallest absolute Gasteiger partial charge is 0.230 e. The minimum atomic E-state index is 0.214. The van der Waals surface area contributed by atoms with Gasteiger partial charge in [-0.1, -0.05) is 0 Å². The van der Waals surface area contributed by atoms with Gasteiger partial charge in [-0.05, 0) is 30.0 Å². The molecule has 0 aliphatic carbocycles. The Morgan fingerprint density at radius 3 is 2.69 bits per heavy atom. The number of thioether (sulfide) groups is 1. The van der Waals surface area contributed by atoms with Crippen LogP contribution in [0.15, 0.2) is 0 Å². The summed E-state index contributed by atoms with van der Waals surface area (Å²) in [6.45, 7) is 0.841. The second-order valence-electron chi connectivity index (χ2n) is 3.40. The zero-order valence-electron chi connectivity index (χ0n) is 9.70. The fourth-order valence-corrected chi connectivity index (χ4v) is 1.62. The molecule has 7 heteroatoms. The molecule has 0 bridgehead atoms. The van der Waals surface area contributed by atoms with Gasteiger partial charge in [0.1, 0.15) is 0 Å². The van der Waals surface area contributed by atoms with Crippen molar-refractivity contribution in [3.63, 3.8) is 0 Å². The lowest BCUT2D eigenvalue weighted by atomic mass is 10.5. The highest BCUT2D eigenvalue weighted by Gasteiger charge is 2.05. The molecular weight excluding hydrogens is 246 g/mol. The molecule has 0 aliphatic rings. The van der Waals surface area contributed by atoms with Gasteiger partial charge in [-0.25, -0.2) is 0 Å². The summed E-state index contributed by atoms with van der Waals surface area (Å²) in [6, 6.07) is 0. The molecule has 0 fully saturated rings. The highest BCUT2D eigenvalue weighted by molar-refractivity contribution is 7.98. The molecule has 0 aliphatic heterocycles. The summed E-state index contributed by atoms with van der Waals surface area (Å²) in [6.07, 6.45) is 3.16. The Morgan fingerprint density at radius 2 is 2.06 bits per heavy atom. The van der Waals surface area contributed by atoms with Gasteiger partial charge >= 0.3 is 0 Å². The van der Waals surface area contributed by atoms with Gasteiger partial charge in [-0.15, -0.1) is 0 Å². The largest absolute Gasteiger partial charge is 0.354 e. The number of nitrogens with one attached hydrogen (secondary N) is 1. The van der Waals surface area contributed by atoms with E-state index in [9.17, 15) is 0 Å². The standard InChI is InChI=1S/C9H16ClN5S/c1-15(2)9-13-7(10)12-8(14-9)11-5-4-6-16-3/h4-6H2,1-3H3,(H,11,12,13,14). The van der Waals surface area contributed by atoms with Gasteiger partial charge in [0.05, 0.1) is 0 Å². The molecule has 0 spiro atoms. The first-order valence-corrected chi connectivity index (χ1v) is 6.72. The maximum atomic E-state index is 5.80. The Labute approximate surface area is 105 Å². The molecule has 1 rings (SSSR count). The molecule has 0 unspecified atom stereocenters. The molecule has 16 heavy (non-hydrogen) atoms. The fraction of sp³-hybridized carbons (Fsp3) is 0.667. The lowest BCUT2D eigenvalue weighted by Gasteiger charge is -2.11. The van der Waals surface area contributed by atoms with E-state index in [0.29, 0.717) is 11.9 Å². The van der Waals surface area contributed by atoms with E-state index >= 15 is 0 Å².